The number of carbonyl (C=O) groups is 4. The van der Waals surface area contributed by atoms with E-state index in [1.807, 2.05) is 24.3 Å². The first-order chi connectivity index (χ1) is 18.4. The van der Waals surface area contributed by atoms with Crippen LogP contribution < -0.4 is 33.2 Å². The zero-order chi connectivity index (χ0) is 29.1. The van der Waals surface area contributed by atoms with Crippen LogP contribution in [0.3, 0.4) is 0 Å². The molecule has 39 heavy (non-hydrogen) atoms. The van der Waals surface area contributed by atoms with Gasteiger partial charge >= 0.3 is 5.97 Å². The molecule has 0 aliphatic carbocycles. The van der Waals surface area contributed by atoms with Crippen molar-refractivity contribution in [3.8, 4) is 0 Å². The summed E-state index contributed by atoms with van der Waals surface area (Å²) < 4.78 is 0. The number of H-pyrrole nitrogens is 1. The Morgan fingerprint density at radius 1 is 1.05 bits per heavy atom. The van der Waals surface area contributed by atoms with Crippen LogP contribution in [0.4, 0.5) is 0 Å². The molecule has 5 atom stereocenters. The molecule has 0 fully saturated rings. The van der Waals surface area contributed by atoms with Crippen LogP contribution in [-0.2, 0) is 25.6 Å². The highest BCUT2D eigenvalue weighted by atomic mass is 32.1. The molecule has 0 aliphatic heterocycles. The molecule has 0 saturated carbocycles. The highest BCUT2D eigenvalue weighted by Crippen LogP contribution is 2.19. The van der Waals surface area contributed by atoms with Gasteiger partial charge in [0.2, 0.25) is 17.7 Å². The normalized spacial score (nSPS) is 14.9. The highest BCUT2D eigenvalue weighted by Gasteiger charge is 2.31. The van der Waals surface area contributed by atoms with Gasteiger partial charge in [0.05, 0.1) is 12.1 Å². The molecule has 3 amide bonds. The summed E-state index contributed by atoms with van der Waals surface area (Å²) in [5.74, 6) is -3.86. The number of nitrogens with one attached hydrogen (secondary N) is 4. The summed E-state index contributed by atoms with van der Waals surface area (Å²) in [5, 5.41) is 27.1. The molecule has 1 aromatic carbocycles. The largest absolute Gasteiger partial charge is 0.480 e. The van der Waals surface area contributed by atoms with Gasteiger partial charge in [0.25, 0.3) is 0 Å². The van der Waals surface area contributed by atoms with Gasteiger partial charge in [-0.15, -0.1) is 0 Å². The predicted octanol–water partition coefficient (Wildman–Crippen LogP) is -2.06. The van der Waals surface area contributed by atoms with Crippen molar-refractivity contribution in [3.63, 3.8) is 0 Å². The van der Waals surface area contributed by atoms with Crippen molar-refractivity contribution in [2.24, 2.45) is 22.2 Å². The first kappa shape index (κ1) is 31.4. The maximum atomic E-state index is 13.3. The number of aliphatic hydroxyl groups is 1. The lowest BCUT2D eigenvalue weighted by Crippen LogP contribution is -2.59. The summed E-state index contributed by atoms with van der Waals surface area (Å²) in [6.45, 7) is 1.49. The maximum absolute atomic E-state index is 13.3. The molecule has 0 saturated heterocycles. The van der Waals surface area contributed by atoms with E-state index < -0.39 is 54.0 Å². The fraction of sp³-hybridized carbons (Fsp3) is 0.458. The number of nitrogens with two attached hydrogens (primary N) is 3. The molecular formula is C24H36N8O6S. The molecule has 1 aromatic heterocycles. The second-order valence-electron chi connectivity index (χ2n) is 8.99. The van der Waals surface area contributed by atoms with Crippen LogP contribution in [-0.4, -0.2) is 87.4 Å². The van der Waals surface area contributed by atoms with Crippen LogP contribution in [0.2, 0.25) is 0 Å². The number of amides is 3. The van der Waals surface area contributed by atoms with Crippen LogP contribution in [0.1, 0.15) is 25.3 Å². The molecule has 1 heterocycles. The number of aromatic nitrogens is 1. The van der Waals surface area contributed by atoms with E-state index in [9.17, 15) is 29.4 Å². The fourth-order valence-electron chi connectivity index (χ4n) is 3.77. The number of thiol groups is 1. The summed E-state index contributed by atoms with van der Waals surface area (Å²) in [6, 6.07) is 2.48. The molecule has 2 rings (SSSR count). The SMILES string of the molecule is CC(O)C(NC(=O)C(CS)NC(=O)C(Cc1c[nH]c2ccccc12)NC(=O)C(N)CCCN=C(N)N)C(=O)O. The number of nitrogens with zero attached hydrogens (tertiary/aromatic N) is 1. The van der Waals surface area contributed by atoms with E-state index in [4.69, 9.17) is 17.2 Å². The molecule has 0 radical (unpaired) electrons. The highest BCUT2D eigenvalue weighted by molar-refractivity contribution is 7.80. The third-order valence-corrected chi connectivity index (χ3v) is 6.26. The average Bonchev–Trinajstić information content (AvgIpc) is 3.29. The minimum Gasteiger partial charge on any atom is -0.480 e. The van der Waals surface area contributed by atoms with Crippen molar-refractivity contribution in [1.82, 2.24) is 20.9 Å². The van der Waals surface area contributed by atoms with E-state index in [1.165, 1.54) is 6.92 Å². The number of aliphatic carboxylic acids is 1. The number of fused-ring (bicyclic) bond motifs is 1. The monoisotopic (exact) mass is 564 g/mol. The number of hydrogen-bond donors (Lipinski definition) is 10. The number of hydrogen-bond acceptors (Lipinski definition) is 8. The number of para-hydroxylation sites is 1. The van der Waals surface area contributed by atoms with Crippen LogP contribution in [0.5, 0.6) is 0 Å². The van der Waals surface area contributed by atoms with Gasteiger partial charge in [-0.05, 0) is 31.4 Å². The number of aromatic amines is 1. The van der Waals surface area contributed by atoms with Gasteiger partial charge in [0.1, 0.15) is 12.1 Å². The molecule has 214 valence electrons. The van der Waals surface area contributed by atoms with Crippen LogP contribution in [0, 0.1) is 0 Å². The van der Waals surface area contributed by atoms with E-state index >= 15 is 0 Å². The quantitative estimate of drug-likeness (QED) is 0.0493. The van der Waals surface area contributed by atoms with Gasteiger partial charge in [-0.3, -0.25) is 19.4 Å². The molecule has 14 nitrogen and oxygen atoms in total. The number of aliphatic hydroxyl groups excluding tert-OH is 1. The minimum atomic E-state index is -1.59. The Labute approximate surface area is 230 Å². The van der Waals surface area contributed by atoms with Crippen LogP contribution in [0.15, 0.2) is 35.5 Å². The van der Waals surface area contributed by atoms with E-state index in [-0.39, 0.29) is 31.1 Å². The summed E-state index contributed by atoms with van der Waals surface area (Å²) in [4.78, 5) is 57.2. The smallest absolute Gasteiger partial charge is 0.328 e. The van der Waals surface area contributed by atoms with Crippen LogP contribution >= 0.6 is 12.6 Å². The van der Waals surface area contributed by atoms with E-state index in [1.54, 1.807) is 6.20 Å². The number of benzene rings is 1. The Kier molecular flexibility index (Phi) is 12.0. The molecule has 12 N–H and O–H groups in total. The van der Waals surface area contributed by atoms with Crippen molar-refractivity contribution >= 4 is 53.2 Å². The van der Waals surface area contributed by atoms with Crippen molar-refractivity contribution in [2.75, 3.05) is 12.3 Å². The predicted molar refractivity (Wildman–Crippen MR) is 149 cm³/mol. The lowest BCUT2D eigenvalue weighted by molar-refractivity contribution is -0.145. The fourth-order valence-corrected chi connectivity index (χ4v) is 4.02. The lowest BCUT2D eigenvalue weighted by Gasteiger charge is -2.25. The Balaban J connectivity index is 2.20. The van der Waals surface area contributed by atoms with Crippen molar-refractivity contribution in [2.45, 2.75) is 56.5 Å². The Bertz CT molecular complexity index is 1180. The van der Waals surface area contributed by atoms with Gasteiger partial charge in [-0.25, -0.2) is 4.79 Å². The molecule has 0 spiro atoms. The van der Waals surface area contributed by atoms with Crippen molar-refractivity contribution < 1.29 is 29.4 Å². The zero-order valence-electron chi connectivity index (χ0n) is 21.5. The minimum absolute atomic E-state index is 0.0641. The second kappa shape index (κ2) is 14.9. The number of carboxylic acids is 1. The van der Waals surface area contributed by atoms with E-state index in [0.29, 0.717) is 6.42 Å². The summed E-state index contributed by atoms with van der Waals surface area (Å²) in [7, 11) is 0. The first-order valence-electron chi connectivity index (χ1n) is 12.2. The number of aliphatic imine (C=N–C) groups is 1. The molecule has 2 aromatic rings. The Morgan fingerprint density at radius 3 is 2.31 bits per heavy atom. The number of rotatable bonds is 15. The molecule has 0 bridgehead atoms. The Morgan fingerprint density at radius 2 is 1.69 bits per heavy atom. The third kappa shape index (κ3) is 9.46. The van der Waals surface area contributed by atoms with E-state index in [0.717, 1.165) is 16.5 Å². The molecular weight excluding hydrogens is 528 g/mol. The maximum Gasteiger partial charge on any atom is 0.328 e. The van der Waals surface area contributed by atoms with Gasteiger partial charge in [0, 0.05) is 35.8 Å². The number of carbonyl (C=O) groups excluding carboxylic acids is 3. The third-order valence-electron chi connectivity index (χ3n) is 5.90. The first-order valence-corrected chi connectivity index (χ1v) is 12.9. The van der Waals surface area contributed by atoms with Crippen molar-refractivity contribution in [1.29, 1.82) is 0 Å². The van der Waals surface area contributed by atoms with Gasteiger partial charge in [-0.1, -0.05) is 18.2 Å². The molecule has 0 aliphatic rings. The number of guanidine groups is 1. The summed E-state index contributed by atoms with van der Waals surface area (Å²) >= 11 is 4.10. The topological polar surface area (TPSA) is 251 Å². The molecule has 15 heteroatoms. The summed E-state index contributed by atoms with van der Waals surface area (Å²) in [6.07, 6.45) is 1.08. The summed E-state index contributed by atoms with van der Waals surface area (Å²) in [5.41, 5.74) is 18.2. The van der Waals surface area contributed by atoms with Gasteiger partial charge < -0.3 is 48.3 Å². The second-order valence-corrected chi connectivity index (χ2v) is 9.35. The van der Waals surface area contributed by atoms with Crippen LogP contribution in [0.25, 0.3) is 10.9 Å². The molecule has 5 unspecified atom stereocenters. The van der Waals surface area contributed by atoms with Gasteiger partial charge in [0.15, 0.2) is 12.0 Å². The standard InChI is InChI=1S/C24H36N8O6S/c1-12(33)19(23(37)38)32-22(36)18(11-39)31-21(35)17(9-13-10-29-16-7-3-2-5-14(13)16)30-20(34)15(25)6-4-8-28-24(26)27/h2-3,5,7,10,12,15,17-19,29,33,39H,4,6,8-9,11,25H2,1H3,(H,30,34)(H,31,35)(H,32,36)(H,37,38)(H4,26,27,28). The van der Waals surface area contributed by atoms with E-state index in [2.05, 4.69) is 38.6 Å². The Hall–Kier alpha value is -3.82. The lowest BCUT2D eigenvalue weighted by atomic mass is 10.0. The number of carboxylic acid groups (broad SMARTS) is 1. The zero-order valence-corrected chi connectivity index (χ0v) is 22.4. The van der Waals surface area contributed by atoms with Gasteiger partial charge in [-0.2, -0.15) is 12.6 Å². The van der Waals surface area contributed by atoms with Crippen molar-refractivity contribution in [3.05, 3.63) is 36.0 Å². The average molecular weight is 565 g/mol.